The molecule has 2 heteroatoms. The SMILES string of the molecule is C#CC#CCCCCCC/C=C/C(=O)NCC(C)C. The molecule has 19 heavy (non-hydrogen) atoms. The Morgan fingerprint density at radius 1 is 1.26 bits per heavy atom. The summed E-state index contributed by atoms with van der Waals surface area (Å²) >= 11 is 0. The highest BCUT2D eigenvalue weighted by atomic mass is 16.1. The predicted octanol–water partition coefficient (Wildman–Crippen LogP) is 3.29. The van der Waals surface area contributed by atoms with Gasteiger partial charge < -0.3 is 5.32 Å². The van der Waals surface area contributed by atoms with Crippen molar-refractivity contribution < 1.29 is 4.79 Å². The van der Waals surface area contributed by atoms with Crippen molar-refractivity contribution in [3.63, 3.8) is 0 Å². The number of hydrogen-bond donors (Lipinski definition) is 1. The van der Waals surface area contributed by atoms with Crippen molar-refractivity contribution in [3.8, 4) is 24.2 Å². The average molecular weight is 259 g/mol. The Morgan fingerprint density at radius 2 is 2.00 bits per heavy atom. The van der Waals surface area contributed by atoms with Crippen LogP contribution in [0.3, 0.4) is 0 Å². The first-order chi connectivity index (χ1) is 9.16. The van der Waals surface area contributed by atoms with Gasteiger partial charge in [-0.2, -0.15) is 0 Å². The second kappa shape index (κ2) is 12.8. The number of carbonyl (C=O) groups is 1. The molecule has 0 aliphatic heterocycles. The molecule has 2 nitrogen and oxygen atoms in total. The van der Waals surface area contributed by atoms with E-state index < -0.39 is 0 Å². The third kappa shape index (κ3) is 14.3. The number of allylic oxidation sites excluding steroid dienone is 1. The van der Waals surface area contributed by atoms with E-state index >= 15 is 0 Å². The van der Waals surface area contributed by atoms with Crippen LogP contribution in [0.1, 0.15) is 52.4 Å². The van der Waals surface area contributed by atoms with Crippen LogP contribution in [0.25, 0.3) is 0 Å². The summed E-state index contributed by atoms with van der Waals surface area (Å²) in [4.78, 5) is 11.4. The minimum Gasteiger partial charge on any atom is -0.352 e. The normalized spacial score (nSPS) is 10.0. The lowest BCUT2D eigenvalue weighted by Gasteiger charge is -2.04. The second-order valence-corrected chi connectivity index (χ2v) is 4.94. The van der Waals surface area contributed by atoms with E-state index in [-0.39, 0.29) is 5.91 Å². The summed E-state index contributed by atoms with van der Waals surface area (Å²) in [5, 5.41) is 2.86. The Labute approximate surface area is 118 Å². The molecule has 0 rings (SSSR count). The van der Waals surface area contributed by atoms with Gasteiger partial charge in [0, 0.05) is 13.0 Å². The average Bonchev–Trinajstić information content (AvgIpc) is 2.38. The van der Waals surface area contributed by atoms with Gasteiger partial charge in [-0.3, -0.25) is 4.79 Å². The van der Waals surface area contributed by atoms with Gasteiger partial charge in [0.2, 0.25) is 5.91 Å². The van der Waals surface area contributed by atoms with Crippen molar-refractivity contribution in [2.45, 2.75) is 52.4 Å². The zero-order valence-corrected chi connectivity index (χ0v) is 12.2. The Balaban J connectivity index is 3.39. The van der Waals surface area contributed by atoms with E-state index in [9.17, 15) is 4.79 Å². The molecule has 0 bridgehead atoms. The Morgan fingerprint density at radius 3 is 2.68 bits per heavy atom. The lowest BCUT2D eigenvalue weighted by molar-refractivity contribution is -0.116. The van der Waals surface area contributed by atoms with Crippen molar-refractivity contribution in [1.29, 1.82) is 0 Å². The minimum absolute atomic E-state index is 0.0123. The molecule has 0 spiro atoms. The first kappa shape index (κ1) is 17.3. The quantitative estimate of drug-likeness (QED) is 0.384. The zero-order valence-electron chi connectivity index (χ0n) is 12.2. The van der Waals surface area contributed by atoms with Gasteiger partial charge in [0.1, 0.15) is 0 Å². The minimum atomic E-state index is 0.0123. The van der Waals surface area contributed by atoms with Crippen LogP contribution in [-0.4, -0.2) is 12.5 Å². The smallest absolute Gasteiger partial charge is 0.243 e. The molecule has 0 aromatic carbocycles. The van der Waals surface area contributed by atoms with Crippen molar-refractivity contribution in [1.82, 2.24) is 5.32 Å². The predicted molar refractivity (Wildman–Crippen MR) is 81.3 cm³/mol. The fourth-order valence-corrected chi connectivity index (χ4v) is 1.50. The highest BCUT2D eigenvalue weighted by Gasteiger charge is 1.96. The summed E-state index contributed by atoms with van der Waals surface area (Å²) in [6.45, 7) is 4.90. The maximum Gasteiger partial charge on any atom is 0.243 e. The molecule has 104 valence electrons. The van der Waals surface area contributed by atoms with E-state index in [1.54, 1.807) is 6.08 Å². The number of terminal acetylenes is 1. The van der Waals surface area contributed by atoms with Crippen LogP contribution >= 0.6 is 0 Å². The third-order valence-electron chi connectivity index (χ3n) is 2.54. The standard InChI is InChI=1S/C17H25NO/c1-4-5-6-7-8-9-10-11-12-13-14-17(19)18-15-16(2)3/h1,13-14,16H,7-12,15H2,2-3H3,(H,18,19)/b14-13+. The van der Waals surface area contributed by atoms with Gasteiger partial charge in [-0.15, -0.1) is 6.42 Å². The Kier molecular flexibility index (Phi) is 11.7. The highest BCUT2D eigenvalue weighted by molar-refractivity contribution is 5.87. The van der Waals surface area contributed by atoms with Crippen molar-refractivity contribution in [2.75, 3.05) is 6.54 Å². The van der Waals surface area contributed by atoms with E-state index in [4.69, 9.17) is 6.42 Å². The van der Waals surface area contributed by atoms with Crippen LogP contribution in [0.5, 0.6) is 0 Å². The van der Waals surface area contributed by atoms with E-state index in [1.807, 2.05) is 6.08 Å². The number of rotatable bonds is 9. The molecule has 0 atom stereocenters. The second-order valence-electron chi connectivity index (χ2n) is 4.94. The molecule has 0 aliphatic carbocycles. The van der Waals surface area contributed by atoms with Gasteiger partial charge >= 0.3 is 0 Å². The third-order valence-corrected chi connectivity index (χ3v) is 2.54. The van der Waals surface area contributed by atoms with Crippen molar-refractivity contribution in [3.05, 3.63) is 12.2 Å². The number of nitrogens with one attached hydrogen (secondary N) is 1. The molecule has 1 N–H and O–H groups in total. The fraction of sp³-hybridized carbons (Fsp3) is 0.588. The van der Waals surface area contributed by atoms with Crippen LogP contribution in [0, 0.1) is 30.1 Å². The summed E-state index contributed by atoms with van der Waals surface area (Å²) in [5.74, 6) is 8.35. The summed E-state index contributed by atoms with van der Waals surface area (Å²) in [7, 11) is 0. The largest absolute Gasteiger partial charge is 0.352 e. The van der Waals surface area contributed by atoms with E-state index in [1.165, 1.54) is 12.8 Å². The van der Waals surface area contributed by atoms with Gasteiger partial charge in [0.05, 0.1) is 0 Å². The van der Waals surface area contributed by atoms with Crippen LogP contribution in [0.4, 0.5) is 0 Å². The van der Waals surface area contributed by atoms with Gasteiger partial charge in [-0.25, -0.2) is 0 Å². The van der Waals surface area contributed by atoms with E-state index in [2.05, 4.69) is 36.9 Å². The van der Waals surface area contributed by atoms with Crippen LogP contribution in [0.2, 0.25) is 0 Å². The molecule has 0 heterocycles. The zero-order chi connectivity index (χ0) is 14.3. The van der Waals surface area contributed by atoms with Gasteiger partial charge in [-0.1, -0.05) is 38.7 Å². The van der Waals surface area contributed by atoms with Crippen molar-refractivity contribution in [2.24, 2.45) is 5.92 Å². The number of hydrogen-bond acceptors (Lipinski definition) is 1. The maximum absolute atomic E-state index is 11.4. The summed E-state index contributed by atoms with van der Waals surface area (Å²) in [6, 6.07) is 0. The first-order valence-electron chi connectivity index (χ1n) is 7.04. The van der Waals surface area contributed by atoms with Crippen LogP contribution in [-0.2, 0) is 4.79 Å². The van der Waals surface area contributed by atoms with Crippen LogP contribution < -0.4 is 5.32 Å². The molecule has 0 saturated carbocycles. The molecule has 0 saturated heterocycles. The molecule has 0 unspecified atom stereocenters. The summed E-state index contributed by atoms with van der Waals surface area (Å²) in [5.41, 5.74) is 0. The molecule has 0 aromatic rings. The van der Waals surface area contributed by atoms with Crippen LogP contribution in [0.15, 0.2) is 12.2 Å². The molecule has 0 radical (unpaired) electrons. The molecule has 0 aromatic heterocycles. The Bertz CT molecular complexity index is 363. The van der Waals surface area contributed by atoms with Crippen molar-refractivity contribution >= 4 is 5.91 Å². The maximum atomic E-state index is 11.4. The summed E-state index contributed by atoms with van der Waals surface area (Å²) in [6.07, 6.45) is 15.0. The number of carbonyl (C=O) groups excluding carboxylic acids is 1. The molecule has 0 fully saturated rings. The lowest BCUT2D eigenvalue weighted by atomic mass is 10.1. The van der Waals surface area contributed by atoms with Gasteiger partial charge in [0.25, 0.3) is 0 Å². The number of unbranched alkanes of at least 4 members (excludes halogenated alkanes) is 5. The molecular formula is C17H25NO. The van der Waals surface area contributed by atoms with Gasteiger partial charge in [0.15, 0.2) is 0 Å². The molecule has 1 amide bonds. The van der Waals surface area contributed by atoms with Gasteiger partial charge in [-0.05, 0) is 43.1 Å². The first-order valence-corrected chi connectivity index (χ1v) is 7.04. The fourth-order valence-electron chi connectivity index (χ4n) is 1.50. The summed E-state index contributed by atoms with van der Waals surface area (Å²) < 4.78 is 0. The molecular weight excluding hydrogens is 234 g/mol. The highest BCUT2D eigenvalue weighted by Crippen LogP contribution is 2.05. The lowest BCUT2D eigenvalue weighted by Crippen LogP contribution is -2.25. The Hall–Kier alpha value is -1.67. The topological polar surface area (TPSA) is 29.1 Å². The monoisotopic (exact) mass is 259 g/mol. The number of amides is 1. The van der Waals surface area contributed by atoms with E-state index in [0.717, 1.165) is 32.2 Å². The van der Waals surface area contributed by atoms with E-state index in [0.29, 0.717) is 5.92 Å². The molecule has 0 aliphatic rings.